The van der Waals surface area contributed by atoms with Crippen molar-refractivity contribution >= 4 is 5.91 Å². The van der Waals surface area contributed by atoms with E-state index in [1.54, 1.807) is 7.11 Å². The van der Waals surface area contributed by atoms with Crippen LogP contribution in [0.1, 0.15) is 24.8 Å². The molecule has 6 nitrogen and oxygen atoms in total. The number of carbonyl (C=O) groups excluding carboxylic acids is 1. The Bertz CT molecular complexity index is 572. The van der Waals surface area contributed by atoms with Crippen LogP contribution in [-0.4, -0.2) is 72.9 Å². The summed E-state index contributed by atoms with van der Waals surface area (Å²) in [5, 5.41) is 10.0. The van der Waals surface area contributed by atoms with Gasteiger partial charge in [-0.2, -0.15) is 0 Å². The van der Waals surface area contributed by atoms with Crippen molar-refractivity contribution in [1.82, 2.24) is 9.80 Å². The van der Waals surface area contributed by atoms with E-state index in [2.05, 4.69) is 4.90 Å². The number of aliphatic hydroxyl groups is 1. The lowest BCUT2D eigenvalue weighted by molar-refractivity contribution is -0.138. The van der Waals surface area contributed by atoms with Crippen LogP contribution in [0.5, 0.6) is 5.75 Å². The van der Waals surface area contributed by atoms with Crippen molar-refractivity contribution in [3.63, 3.8) is 0 Å². The number of ether oxygens (including phenoxy) is 2. The molecule has 138 valence electrons. The molecule has 2 atom stereocenters. The molecule has 2 fully saturated rings. The van der Waals surface area contributed by atoms with Gasteiger partial charge >= 0.3 is 0 Å². The zero-order valence-corrected chi connectivity index (χ0v) is 14.9. The highest BCUT2D eigenvalue weighted by molar-refractivity contribution is 5.77. The van der Waals surface area contributed by atoms with E-state index in [9.17, 15) is 9.90 Å². The molecule has 0 aromatic heterocycles. The fourth-order valence-electron chi connectivity index (χ4n) is 3.76. The molecule has 25 heavy (non-hydrogen) atoms. The maximum absolute atomic E-state index is 12.3. The first-order chi connectivity index (χ1) is 12.2. The Balaban J connectivity index is 1.39. The SMILES string of the molecule is COc1cccc(COCC(=O)N2CCN([C@H]3CCC[C@H]3O)CC2)c1. The Morgan fingerprint density at radius 1 is 1.24 bits per heavy atom. The maximum Gasteiger partial charge on any atom is 0.248 e. The third-order valence-corrected chi connectivity index (χ3v) is 5.21. The van der Waals surface area contributed by atoms with Crippen molar-refractivity contribution in [3.8, 4) is 5.75 Å². The number of benzene rings is 1. The molecule has 1 heterocycles. The molecule has 0 unspecified atom stereocenters. The molecule has 1 saturated heterocycles. The second kappa shape index (κ2) is 8.65. The standard InChI is InChI=1S/C19H28N2O4/c1-24-16-5-2-4-15(12-16)13-25-14-19(23)21-10-8-20(9-11-21)17-6-3-7-18(17)22/h2,4-5,12,17-18,22H,3,6-11,13-14H2,1H3/t17-,18+/m0/s1. The van der Waals surface area contributed by atoms with Crippen LogP contribution in [0.4, 0.5) is 0 Å². The Kier molecular flexibility index (Phi) is 6.29. The fraction of sp³-hybridized carbons (Fsp3) is 0.632. The van der Waals surface area contributed by atoms with Gasteiger partial charge in [-0.1, -0.05) is 12.1 Å². The van der Waals surface area contributed by atoms with Crippen molar-refractivity contribution in [3.05, 3.63) is 29.8 Å². The summed E-state index contributed by atoms with van der Waals surface area (Å²) in [6, 6.07) is 7.95. The largest absolute Gasteiger partial charge is 0.497 e. The minimum atomic E-state index is -0.201. The van der Waals surface area contributed by atoms with Gasteiger partial charge in [-0.25, -0.2) is 0 Å². The van der Waals surface area contributed by atoms with Gasteiger partial charge < -0.3 is 19.5 Å². The highest BCUT2D eigenvalue weighted by Gasteiger charge is 2.33. The molecular formula is C19H28N2O4. The second-order valence-corrected chi connectivity index (χ2v) is 6.83. The third-order valence-electron chi connectivity index (χ3n) is 5.21. The number of amides is 1. The van der Waals surface area contributed by atoms with Gasteiger partial charge in [0.2, 0.25) is 5.91 Å². The highest BCUT2D eigenvalue weighted by Crippen LogP contribution is 2.25. The molecule has 1 aliphatic heterocycles. The normalized spacial score (nSPS) is 24.5. The Morgan fingerprint density at radius 3 is 2.72 bits per heavy atom. The van der Waals surface area contributed by atoms with Crippen LogP contribution in [0.15, 0.2) is 24.3 Å². The summed E-state index contributed by atoms with van der Waals surface area (Å²) in [6.07, 6.45) is 2.87. The lowest BCUT2D eigenvalue weighted by Gasteiger charge is -2.39. The van der Waals surface area contributed by atoms with Crippen LogP contribution in [0.3, 0.4) is 0 Å². The van der Waals surface area contributed by atoms with E-state index in [0.29, 0.717) is 19.7 Å². The first kappa shape index (κ1) is 18.2. The molecule has 2 aliphatic rings. The predicted octanol–water partition coefficient (Wildman–Crippen LogP) is 1.27. The minimum absolute atomic E-state index is 0.0366. The zero-order valence-electron chi connectivity index (χ0n) is 14.9. The van der Waals surface area contributed by atoms with E-state index in [1.165, 1.54) is 0 Å². The molecule has 1 N–H and O–H groups in total. The average Bonchev–Trinajstić information content (AvgIpc) is 3.08. The number of aliphatic hydroxyl groups excluding tert-OH is 1. The van der Waals surface area contributed by atoms with E-state index in [-0.39, 0.29) is 24.7 Å². The summed E-state index contributed by atoms with van der Waals surface area (Å²) in [6.45, 7) is 3.60. The highest BCUT2D eigenvalue weighted by atomic mass is 16.5. The maximum atomic E-state index is 12.3. The van der Waals surface area contributed by atoms with Gasteiger partial charge in [-0.05, 0) is 37.0 Å². The predicted molar refractivity (Wildman–Crippen MR) is 94.4 cm³/mol. The number of rotatable bonds is 6. The number of hydrogen-bond acceptors (Lipinski definition) is 5. The van der Waals surface area contributed by atoms with Crippen molar-refractivity contribution in [2.75, 3.05) is 39.9 Å². The molecule has 1 aromatic carbocycles. The van der Waals surface area contributed by atoms with E-state index in [1.807, 2.05) is 29.2 Å². The number of piperazine rings is 1. The fourth-order valence-corrected chi connectivity index (χ4v) is 3.76. The Labute approximate surface area is 149 Å². The quantitative estimate of drug-likeness (QED) is 0.839. The van der Waals surface area contributed by atoms with Gasteiger partial charge in [0, 0.05) is 32.2 Å². The number of hydrogen-bond donors (Lipinski definition) is 1. The molecule has 1 amide bonds. The molecule has 0 radical (unpaired) electrons. The minimum Gasteiger partial charge on any atom is -0.497 e. The summed E-state index contributed by atoms with van der Waals surface area (Å²) in [5.41, 5.74) is 0.993. The van der Waals surface area contributed by atoms with Gasteiger partial charge in [0.15, 0.2) is 0 Å². The first-order valence-electron chi connectivity index (χ1n) is 9.08. The molecular weight excluding hydrogens is 320 g/mol. The number of methoxy groups -OCH3 is 1. The van der Waals surface area contributed by atoms with Crippen LogP contribution in [0.2, 0.25) is 0 Å². The monoisotopic (exact) mass is 348 g/mol. The second-order valence-electron chi connectivity index (χ2n) is 6.83. The van der Waals surface area contributed by atoms with Crippen LogP contribution >= 0.6 is 0 Å². The summed E-state index contributed by atoms with van der Waals surface area (Å²) >= 11 is 0. The van der Waals surface area contributed by atoms with Crippen LogP contribution in [0, 0.1) is 0 Å². The molecule has 1 saturated carbocycles. The van der Waals surface area contributed by atoms with E-state index >= 15 is 0 Å². The smallest absolute Gasteiger partial charge is 0.248 e. The molecule has 6 heteroatoms. The molecule has 0 bridgehead atoms. The van der Waals surface area contributed by atoms with Crippen LogP contribution < -0.4 is 4.74 Å². The van der Waals surface area contributed by atoms with Gasteiger partial charge in [-0.3, -0.25) is 9.69 Å². The molecule has 1 aromatic rings. The van der Waals surface area contributed by atoms with Crippen molar-refractivity contribution in [2.24, 2.45) is 0 Å². The van der Waals surface area contributed by atoms with Crippen molar-refractivity contribution in [2.45, 2.75) is 38.0 Å². The molecule has 0 spiro atoms. The van der Waals surface area contributed by atoms with Gasteiger partial charge in [0.1, 0.15) is 12.4 Å². The number of carbonyl (C=O) groups is 1. The number of nitrogens with zero attached hydrogens (tertiary/aromatic N) is 2. The lowest BCUT2D eigenvalue weighted by atomic mass is 10.1. The average molecular weight is 348 g/mol. The Morgan fingerprint density at radius 2 is 2.04 bits per heavy atom. The first-order valence-corrected chi connectivity index (χ1v) is 9.08. The van der Waals surface area contributed by atoms with Crippen LogP contribution in [0.25, 0.3) is 0 Å². The zero-order chi connectivity index (χ0) is 17.6. The van der Waals surface area contributed by atoms with Gasteiger partial charge in [0.25, 0.3) is 0 Å². The van der Waals surface area contributed by atoms with Gasteiger partial charge in [-0.15, -0.1) is 0 Å². The Hall–Kier alpha value is -1.63. The topological polar surface area (TPSA) is 62.2 Å². The lowest BCUT2D eigenvalue weighted by Crippen LogP contribution is -2.54. The summed E-state index contributed by atoms with van der Waals surface area (Å²) in [5.74, 6) is 0.826. The van der Waals surface area contributed by atoms with E-state index in [0.717, 1.165) is 43.7 Å². The van der Waals surface area contributed by atoms with Crippen molar-refractivity contribution in [1.29, 1.82) is 0 Å². The van der Waals surface area contributed by atoms with Crippen LogP contribution in [-0.2, 0) is 16.1 Å². The van der Waals surface area contributed by atoms with Crippen molar-refractivity contribution < 1.29 is 19.4 Å². The summed E-state index contributed by atoms with van der Waals surface area (Å²) in [4.78, 5) is 16.5. The third kappa shape index (κ3) is 4.71. The summed E-state index contributed by atoms with van der Waals surface area (Å²) in [7, 11) is 1.63. The van der Waals surface area contributed by atoms with E-state index in [4.69, 9.17) is 9.47 Å². The molecule has 1 aliphatic carbocycles. The van der Waals surface area contributed by atoms with E-state index < -0.39 is 0 Å². The van der Waals surface area contributed by atoms with Gasteiger partial charge in [0.05, 0.1) is 19.8 Å². The summed E-state index contributed by atoms with van der Waals surface area (Å²) < 4.78 is 10.8. The molecule has 3 rings (SSSR count).